The van der Waals surface area contributed by atoms with Gasteiger partial charge >= 0.3 is 0 Å². The summed E-state index contributed by atoms with van der Waals surface area (Å²) in [4.78, 5) is 68.8. The summed E-state index contributed by atoms with van der Waals surface area (Å²) >= 11 is 0. The van der Waals surface area contributed by atoms with Gasteiger partial charge in [-0.05, 0) is 105 Å². The van der Waals surface area contributed by atoms with Crippen LogP contribution in [0, 0.1) is 5.41 Å². The molecule has 330 valence electrons. The first-order valence-electron chi connectivity index (χ1n) is 22.3. The third-order valence-corrected chi connectivity index (χ3v) is 13.5. The number of rotatable bonds is 16. The SMILES string of the molecule is C=CCNC(=O)/C(=C/C)C(=Nc1ccc2c(n1)C(C)CC2)NC(=C)Nc1ccc(N2CCN(C3CC4(C3)CN(c3ccc5c(c3)CN(C(CCC=O)C(=O)NC)C5=O)C4)CC2)cc1. The van der Waals surface area contributed by atoms with Gasteiger partial charge in [-0.15, -0.1) is 6.58 Å². The zero-order chi connectivity index (χ0) is 44.3. The second-order valence-corrected chi connectivity index (χ2v) is 17.7. The van der Waals surface area contributed by atoms with Gasteiger partial charge in [0.05, 0.1) is 5.57 Å². The van der Waals surface area contributed by atoms with Crippen molar-refractivity contribution in [1.29, 1.82) is 0 Å². The lowest BCUT2D eigenvalue weighted by molar-refractivity contribution is -0.125. The number of nitrogens with one attached hydrogen (secondary N) is 4. The molecule has 4 N–H and O–H groups in total. The molecule has 2 atom stereocenters. The summed E-state index contributed by atoms with van der Waals surface area (Å²) in [5.74, 6) is 1.07. The summed E-state index contributed by atoms with van der Waals surface area (Å²) in [6.45, 7) is 18.7. The molecule has 63 heavy (non-hydrogen) atoms. The number of likely N-dealkylation sites (N-methyl/N-ethyl adjacent to an activating group) is 1. The summed E-state index contributed by atoms with van der Waals surface area (Å²) in [5.41, 5.74) is 7.79. The number of carbonyl (C=O) groups excluding carboxylic acids is 4. The fourth-order valence-electron chi connectivity index (χ4n) is 10.1. The molecule has 3 aromatic rings. The van der Waals surface area contributed by atoms with Crippen LogP contribution in [0.3, 0.4) is 0 Å². The first-order chi connectivity index (χ1) is 30.5. The summed E-state index contributed by atoms with van der Waals surface area (Å²) in [6, 6.07) is 18.3. The smallest absolute Gasteiger partial charge is 0.255 e. The average molecular weight is 853 g/mol. The van der Waals surface area contributed by atoms with Crippen LogP contribution in [-0.2, 0) is 27.3 Å². The number of aryl methyl sites for hydroxylation is 1. The molecule has 5 aliphatic rings. The van der Waals surface area contributed by atoms with Gasteiger partial charge in [-0.25, -0.2) is 9.98 Å². The van der Waals surface area contributed by atoms with Crippen LogP contribution in [-0.4, -0.2) is 110 Å². The van der Waals surface area contributed by atoms with Gasteiger partial charge in [0.2, 0.25) is 5.91 Å². The lowest BCUT2D eigenvalue weighted by Crippen LogP contribution is -2.68. The van der Waals surface area contributed by atoms with E-state index < -0.39 is 6.04 Å². The zero-order valence-corrected chi connectivity index (χ0v) is 36.8. The van der Waals surface area contributed by atoms with E-state index in [1.54, 1.807) is 24.1 Å². The van der Waals surface area contributed by atoms with Crippen LogP contribution >= 0.6 is 0 Å². The molecular weight excluding hydrogens is 793 g/mol. The van der Waals surface area contributed by atoms with Crippen LogP contribution in [0.1, 0.15) is 79.0 Å². The van der Waals surface area contributed by atoms with Crippen LogP contribution in [0.5, 0.6) is 0 Å². The van der Waals surface area contributed by atoms with Crippen molar-refractivity contribution in [2.75, 3.05) is 68.0 Å². The second-order valence-electron chi connectivity index (χ2n) is 17.7. The number of amidine groups is 1. The van der Waals surface area contributed by atoms with E-state index in [2.05, 4.69) is 80.3 Å². The molecule has 14 nitrogen and oxygen atoms in total. The highest BCUT2D eigenvalue weighted by molar-refractivity contribution is 6.21. The number of aldehydes is 1. The molecular formula is C49H60N10O4. The molecule has 2 unspecified atom stereocenters. The number of fused-ring (bicyclic) bond motifs is 2. The standard InChI is InChI=1S/C49H60N10O4/c1-6-20-51-46(61)40(7-2)45(55-43-19-12-34-11-10-32(3)44(34)54-43)53-33(4)52-36-13-15-37(16-14-36)56-21-23-57(24-22-56)39-27-49(28-39)30-58(31-49)38-17-18-41-35(26-38)29-59(48(41)63)42(9-8-25-60)47(62)50-5/h6-7,12-19,25-26,32,39,42,52H,1,4,8-11,20-24,27-31H2,2-3,5H3,(H,50,62)(H,51,61)(H,53,54,55)/b40-7+. The van der Waals surface area contributed by atoms with Gasteiger partial charge in [-0.1, -0.05) is 31.7 Å². The number of aromatic nitrogens is 1. The van der Waals surface area contributed by atoms with Crippen LogP contribution in [0.4, 0.5) is 22.9 Å². The topological polar surface area (TPSA) is 155 Å². The van der Waals surface area contributed by atoms with Crippen molar-refractivity contribution < 1.29 is 19.2 Å². The van der Waals surface area contributed by atoms with Gasteiger partial charge < -0.3 is 40.8 Å². The molecule has 3 amide bonds. The maximum atomic E-state index is 13.3. The van der Waals surface area contributed by atoms with E-state index in [0.717, 1.165) is 81.0 Å². The van der Waals surface area contributed by atoms with Crippen molar-refractivity contribution >= 4 is 52.7 Å². The van der Waals surface area contributed by atoms with Crippen molar-refractivity contribution in [3.8, 4) is 0 Å². The Kier molecular flexibility index (Phi) is 12.8. The fourth-order valence-corrected chi connectivity index (χ4v) is 10.1. The third kappa shape index (κ3) is 9.13. The Morgan fingerprint density at radius 1 is 1.00 bits per heavy atom. The molecule has 1 saturated carbocycles. The zero-order valence-electron chi connectivity index (χ0n) is 36.8. The maximum absolute atomic E-state index is 13.3. The van der Waals surface area contributed by atoms with Gasteiger partial charge in [0.25, 0.3) is 11.8 Å². The first-order valence-corrected chi connectivity index (χ1v) is 22.3. The number of nitrogens with zero attached hydrogens (tertiary/aromatic N) is 6. The second kappa shape index (κ2) is 18.6. The predicted octanol–water partition coefficient (Wildman–Crippen LogP) is 5.42. The Morgan fingerprint density at radius 2 is 1.75 bits per heavy atom. The summed E-state index contributed by atoms with van der Waals surface area (Å²) < 4.78 is 0. The lowest BCUT2D eigenvalue weighted by atomic mass is 9.60. The van der Waals surface area contributed by atoms with Gasteiger partial charge in [0, 0.05) is 106 Å². The van der Waals surface area contributed by atoms with Crippen molar-refractivity contribution in [2.24, 2.45) is 10.4 Å². The number of aliphatic imine (C=N–C) groups is 1. The first kappa shape index (κ1) is 43.4. The van der Waals surface area contributed by atoms with E-state index in [0.29, 0.717) is 65.5 Å². The number of hydrogen-bond donors (Lipinski definition) is 4. The van der Waals surface area contributed by atoms with Crippen molar-refractivity contribution in [3.63, 3.8) is 0 Å². The molecule has 2 saturated heterocycles. The Bertz CT molecular complexity index is 2320. The van der Waals surface area contributed by atoms with Gasteiger partial charge in [-0.3, -0.25) is 19.3 Å². The summed E-state index contributed by atoms with van der Waals surface area (Å²) in [6.07, 6.45) is 9.21. The molecule has 0 bridgehead atoms. The highest BCUT2D eigenvalue weighted by Crippen LogP contribution is 2.52. The van der Waals surface area contributed by atoms with Crippen LogP contribution in [0.2, 0.25) is 0 Å². The minimum absolute atomic E-state index is 0.149. The van der Waals surface area contributed by atoms with Crippen molar-refractivity contribution in [2.45, 2.75) is 76.9 Å². The van der Waals surface area contributed by atoms with E-state index in [1.807, 2.05) is 37.3 Å². The largest absolute Gasteiger partial charge is 0.370 e. The van der Waals surface area contributed by atoms with Gasteiger partial charge in [-0.2, -0.15) is 0 Å². The third-order valence-electron chi connectivity index (χ3n) is 13.5. The molecule has 1 aromatic heterocycles. The molecule has 4 heterocycles. The number of benzene rings is 2. The number of hydrogen-bond acceptors (Lipinski definition) is 10. The molecule has 3 fully saturated rings. The number of anilines is 3. The summed E-state index contributed by atoms with van der Waals surface area (Å²) in [7, 11) is 1.56. The molecule has 1 spiro atoms. The van der Waals surface area contributed by atoms with E-state index >= 15 is 0 Å². The fraction of sp³-hybridized carbons (Fsp3) is 0.429. The number of allylic oxidation sites excluding steroid dienone is 1. The lowest BCUT2D eigenvalue weighted by Gasteiger charge is -2.62. The minimum Gasteiger partial charge on any atom is -0.370 e. The number of piperazine rings is 1. The highest BCUT2D eigenvalue weighted by atomic mass is 16.2. The van der Waals surface area contributed by atoms with Gasteiger partial charge in [0.1, 0.15) is 24.0 Å². The Morgan fingerprint density at radius 3 is 2.44 bits per heavy atom. The van der Waals surface area contributed by atoms with E-state index in [4.69, 9.17) is 9.98 Å². The molecule has 2 aliphatic carbocycles. The van der Waals surface area contributed by atoms with Gasteiger partial charge in [0.15, 0.2) is 5.82 Å². The van der Waals surface area contributed by atoms with E-state index in [1.165, 1.54) is 24.1 Å². The van der Waals surface area contributed by atoms with Crippen LogP contribution in [0.15, 0.2) is 96.3 Å². The quantitative estimate of drug-likeness (QED) is 0.0483. The normalized spacial score (nSPS) is 20.0. The average Bonchev–Trinajstić information content (AvgIpc) is 3.80. The Balaban J connectivity index is 0.809. The van der Waals surface area contributed by atoms with Crippen molar-refractivity contribution in [1.82, 2.24) is 30.7 Å². The molecule has 2 aromatic carbocycles. The Labute approximate surface area is 370 Å². The molecule has 8 rings (SSSR count). The van der Waals surface area contributed by atoms with E-state index in [-0.39, 0.29) is 24.1 Å². The molecule has 14 heteroatoms. The van der Waals surface area contributed by atoms with Crippen LogP contribution < -0.4 is 31.1 Å². The highest BCUT2D eigenvalue weighted by Gasteiger charge is 2.54. The molecule has 0 radical (unpaired) electrons. The monoisotopic (exact) mass is 852 g/mol. The predicted molar refractivity (Wildman–Crippen MR) is 248 cm³/mol. The minimum atomic E-state index is -0.658. The number of carbonyl (C=O) groups is 4. The van der Waals surface area contributed by atoms with Crippen molar-refractivity contribution in [3.05, 3.63) is 114 Å². The molecule has 3 aliphatic heterocycles. The maximum Gasteiger partial charge on any atom is 0.255 e. The number of amides is 3. The van der Waals surface area contributed by atoms with Crippen LogP contribution in [0.25, 0.3) is 0 Å². The Hall–Kier alpha value is -6.28. The van der Waals surface area contributed by atoms with E-state index in [9.17, 15) is 19.2 Å². The summed E-state index contributed by atoms with van der Waals surface area (Å²) in [5, 5.41) is 12.1. The number of pyridine rings is 1.